The molecule has 4 rings (SSSR count). The Hall–Kier alpha value is -3.09. The monoisotopic (exact) mass is 435 g/mol. The van der Waals surface area contributed by atoms with Crippen molar-refractivity contribution >= 4 is 45.9 Å². The highest BCUT2D eigenvalue weighted by Crippen LogP contribution is 2.30. The molecule has 1 heterocycles. The summed E-state index contributed by atoms with van der Waals surface area (Å²) in [6.45, 7) is 0. The molecule has 3 aromatic carbocycles. The van der Waals surface area contributed by atoms with Crippen molar-refractivity contribution in [3.05, 3.63) is 77.8 Å². The zero-order valence-electron chi connectivity index (χ0n) is 16.1. The average Bonchev–Trinajstić information content (AvgIpc) is 2.78. The van der Waals surface area contributed by atoms with Gasteiger partial charge in [-0.1, -0.05) is 71.9 Å². The van der Waals surface area contributed by atoms with E-state index in [0.717, 1.165) is 21.5 Å². The molecule has 30 heavy (non-hydrogen) atoms. The van der Waals surface area contributed by atoms with E-state index < -0.39 is 0 Å². The van der Waals surface area contributed by atoms with Crippen LogP contribution in [-0.2, 0) is 4.79 Å². The van der Waals surface area contributed by atoms with Gasteiger partial charge in [-0.05, 0) is 24.3 Å². The van der Waals surface area contributed by atoms with Crippen LogP contribution in [0.3, 0.4) is 0 Å². The quantitative estimate of drug-likeness (QED) is 0.311. The molecule has 0 spiro atoms. The van der Waals surface area contributed by atoms with Crippen molar-refractivity contribution in [2.24, 2.45) is 0 Å². The number of halogens is 1. The number of para-hydroxylation sites is 1. The van der Waals surface area contributed by atoms with Crippen molar-refractivity contribution in [2.75, 3.05) is 18.2 Å². The fourth-order valence-corrected chi connectivity index (χ4v) is 3.96. The number of hydrogen-bond acceptors (Lipinski definition) is 5. The summed E-state index contributed by atoms with van der Waals surface area (Å²) in [6.07, 6.45) is 0. The molecule has 0 atom stereocenters. The van der Waals surface area contributed by atoms with Gasteiger partial charge in [0.05, 0.1) is 24.1 Å². The van der Waals surface area contributed by atoms with Crippen molar-refractivity contribution < 1.29 is 9.53 Å². The number of carbonyl (C=O) groups is 1. The third-order valence-corrected chi connectivity index (χ3v) is 5.60. The molecule has 0 aliphatic rings. The number of methoxy groups -OCH3 is 1. The van der Waals surface area contributed by atoms with Gasteiger partial charge in [0.2, 0.25) is 5.91 Å². The Morgan fingerprint density at radius 1 is 1.03 bits per heavy atom. The maximum absolute atomic E-state index is 12.6. The van der Waals surface area contributed by atoms with Gasteiger partial charge in [0, 0.05) is 16.0 Å². The zero-order valence-corrected chi connectivity index (χ0v) is 17.7. The van der Waals surface area contributed by atoms with E-state index >= 15 is 0 Å². The van der Waals surface area contributed by atoms with E-state index in [0.29, 0.717) is 22.3 Å². The minimum absolute atomic E-state index is 0.176. The fourth-order valence-electron chi connectivity index (χ4n) is 2.97. The normalized spacial score (nSPS) is 10.7. The first-order valence-corrected chi connectivity index (χ1v) is 10.6. The molecule has 0 fully saturated rings. The highest BCUT2D eigenvalue weighted by atomic mass is 35.5. The molecule has 0 saturated heterocycles. The summed E-state index contributed by atoms with van der Waals surface area (Å²) in [4.78, 5) is 22.0. The molecule has 1 amide bonds. The number of nitrogens with zero attached hydrogens (tertiary/aromatic N) is 2. The Morgan fingerprint density at radius 2 is 1.80 bits per heavy atom. The van der Waals surface area contributed by atoms with E-state index in [-0.39, 0.29) is 11.7 Å². The fraction of sp³-hybridized carbons (Fsp3) is 0.0870. The Balaban J connectivity index is 1.58. The summed E-state index contributed by atoms with van der Waals surface area (Å²) < 4.78 is 5.29. The number of rotatable bonds is 6. The largest absolute Gasteiger partial charge is 0.495 e. The lowest BCUT2D eigenvalue weighted by molar-refractivity contribution is -0.113. The standard InChI is InChI=1S/C23H18ClN3O2S/c1-29-20-12-11-16(24)13-19(20)25-21(28)14-30-23-17-9-5-6-10-18(17)26-22(27-23)15-7-3-2-4-8-15/h2-13H,14H2,1H3,(H,25,28). The molecular formula is C23H18ClN3O2S. The van der Waals surface area contributed by atoms with Crippen molar-refractivity contribution in [1.29, 1.82) is 0 Å². The Kier molecular flexibility index (Phi) is 6.16. The molecule has 0 unspecified atom stereocenters. The van der Waals surface area contributed by atoms with Crippen molar-refractivity contribution in [3.8, 4) is 17.1 Å². The van der Waals surface area contributed by atoms with E-state index in [1.807, 2.05) is 54.6 Å². The second kappa shape index (κ2) is 9.15. The van der Waals surface area contributed by atoms with Gasteiger partial charge in [0.1, 0.15) is 10.8 Å². The second-order valence-electron chi connectivity index (χ2n) is 6.42. The number of anilines is 1. The number of fused-ring (bicyclic) bond motifs is 1. The lowest BCUT2D eigenvalue weighted by Gasteiger charge is -2.11. The summed E-state index contributed by atoms with van der Waals surface area (Å²) in [5.74, 6) is 1.19. The van der Waals surface area contributed by atoms with Crippen LogP contribution in [-0.4, -0.2) is 28.7 Å². The third kappa shape index (κ3) is 4.56. The van der Waals surface area contributed by atoms with Crippen LogP contribution in [0.1, 0.15) is 0 Å². The van der Waals surface area contributed by atoms with Gasteiger partial charge in [0.25, 0.3) is 0 Å². The number of hydrogen-bond donors (Lipinski definition) is 1. The lowest BCUT2D eigenvalue weighted by atomic mass is 10.2. The van der Waals surface area contributed by atoms with Gasteiger partial charge in [-0.2, -0.15) is 0 Å². The molecule has 0 bridgehead atoms. The lowest BCUT2D eigenvalue weighted by Crippen LogP contribution is -2.15. The van der Waals surface area contributed by atoms with Crippen LogP contribution in [0.15, 0.2) is 77.8 Å². The van der Waals surface area contributed by atoms with E-state index in [1.54, 1.807) is 25.3 Å². The minimum Gasteiger partial charge on any atom is -0.495 e. The van der Waals surface area contributed by atoms with Gasteiger partial charge in [-0.3, -0.25) is 4.79 Å². The summed E-state index contributed by atoms with van der Waals surface area (Å²) in [5.41, 5.74) is 2.30. The number of thioether (sulfide) groups is 1. The predicted molar refractivity (Wildman–Crippen MR) is 122 cm³/mol. The molecule has 5 nitrogen and oxygen atoms in total. The Bertz CT molecular complexity index is 1200. The van der Waals surface area contributed by atoms with E-state index in [2.05, 4.69) is 10.3 Å². The molecule has 1 aromatic heterocycles. The minimum atomic E-state index is -0.176. The molecule has 150 valence electrons. The van der Waals surface area contributed by atoms with Crippen LogP contribution in [0, 0.1) is 0 Å². The highest BCUT2D eigenvalue weighted by Gasteiger charge is 2.13. The van der Waals surface area contributed by atoms with E-state index in [9.17, 15) is 4.79 Å². The first-order chi connectivity index (χ1) is 14.6. The number of amides is 1. The molecule has 0 aliphatic heterocycles. The smallest absolute Gasteiger partial charge is 0.234 e. The number of carbonyl (C=O) groups excluding carboxylic acids is 1. The SMILES string of the molecule is COc1ccc(Cl)cc1NC(=O)CSc1nc(-c2ccccc2)nc2ccccc12. The van der Waals surface area contributed by atoms with Gasteiger partial charge in [-0.25, -0.2) is 9.97 Å². The number of benzene rings is 3. The van der Waals surface area contributed by atoms with Gasteiger partial charge in [0.15, 0.2) is 5.82 Å². The predicted octanol–water partition coefficient (Wildman–Crippen LogP) is 5.69. The van der Waals surface area contributed by atoms with Gasteiger partial charge in [-0.15, -0.1) is 0 Å². The highest BCUT2D eigenvalue weighted by molar-refractivity contribution is 8.00. The third-order valence-electron chi connectivity index (χ3n) is 4.38. The van der Waals surface area contributed by atoms with Crippen LogP contribution in [0.2, 0.25) is 5.02 Å². The molecule has 0 saturated carbocycles. The maximum atomic E-state index is 12.6. The maximum Gasteiger partial charge on any atom is 0.234 e. The van der Waals surface area contributed by atoms with Gasteiger partial charge < -0.3 is 10.1 Å². The number of ether oxygens (including phenoxy) is 1. The number of nitrogens with one attached hydrogen (secondary N) is 1. The zero-order chi connectivity index (χ0) is 20.9. The summed E-state index contributed by atoms with van der Waals surface area (Å²) in [6, 6.07) is 22.7. The van der Waals surface area contributed by atoms with Crippen LogP contribution >= 0.6 is 23.4 Å². The first kappa shape index (κ1) is 20.2. The molecule has 7 heteroatoms. The Morgan fingerprint density at radius 3 is 2.60 bits per heavy atom. The van der Waals surface area contributed by atoms with Crippen LogP contribution in [0.4, 0.5) is 5.69 Å². The molecule has 0 aliphatic carbocycles. The van der Waals surface area contributed by atoms with Crippen LogP contribution in [0.25, 0.3) is 22.3 Å². The van der Waals surface area contributed by atoms with Crippen molar-refractivity contribution in [3.63, 3.8) is 0 Å². The van der Waals surface area contributed by atoms with E-state index in [1.165, 1.54) is 11.8 Å². The summed E-state index contributed by atoms with van der Waals surface area (Å²) in [5, 5.41) is 5.05. The van der Waals surface area contributed by atoms with Crippen molar-refractivity contribution in [1.82, 2.24) is 9.97 Å². The number of aromatic nitrogens is 2. The van der Waals surface area contributed by atoms with E-state index in [4.69, 9.17) is 21.3 Å². The summed E-state index contributed by atoms with van der Waals surface area (Å²) >= 11 is 7.41. The van der Waals surface area contributed by atoms with Crippen molar-refractivity contribution in [2.45, 2.75) is 5.03 Å². The molecule has 4 aromatic rings. The molecular weight excluding hydrogens is 418 g/mol. The first-order valence-electron chi connectivity index (χ1n) is 9.22. The average molecular weight is 436 g/mol. The van der Waals surface area contributed by atoms with Gasteiger partial charge >= 0.3 is 0 Å². The second-order valence-corrected chi connectivity index (χ2v) is 7.82. The molecule has 0 radical (unpaired) electrons. The van der Waals surface area contributed by atoms with Crippen LogP contribution < -0.4 is 10.1 Å². The summed E-state index contributed by atoms with van der Waals surface area (Å²) in [7, 11) is 1.55. The van der Waals surface area contributed by atoms with Crippen LogP contribution in [0.5, 0.6) is 5.75 Å². The topological polar surface area (TPSA) is 64.1 Å². The Labute approximate surface area is 183 Å². The molecule has 1 N–H and O–H groups in total.